The Labute approximate surface area is 210 Å². The minimum Gasteiger partial charge on any atom is -0.481 e. The van der Waals surface area contributed by atoms with Crippen LogP contribution in [0, 0.1) is 19.3 Å². The molecule has 0 bridgehead atoms. The van der Waals surface area contributed by atoms with E-state index in [2.05, 4.69) is 28.9 Å². The van der Waals surface area contributed by atoms with E-state index in [0.717, 1.165) is 82.9 Å². The molecule has 0 atom stereocenters. The molecule has 2 fully saturated rings. The Morgan fingerprint density at radius 2 is 1.81 bits per heavy atom. The number of rotatable bonds is 6. The Morgan fingerprint density at radius 1 is 1.08 bits per heavy atom. The van der Waals surface area contributed by atoms with Crippen LogP contribution in [-0.4, -0.2) is 39.0 Å². The highest BCUT2D eigenvalue weighted by Gasteiger charge is 2.51. The van der Waals surface area contributed by atoms with E-state index >= 15 is 0 Å². The zero-order valence-corrected chi connectivity index (χ0v) is 21.0. The van der Waals surface area contributed by atoms with Crippen molar-refractivity contribution in [2.24, 2.45) is 5.41 Å². The minimum atomic E-state index is -0.731. The summed E-state index contributed by atoms with van der Waals surface area (Å²) in [6.07, 6.45) is 7.55. The topological polar surface area (TPSA) is 90.4 Å². The number of aliphatic carboxylic acids is 1. The molecule has 186 valence electrons. The molecule has 0 amide bonds. The first-order valence-corrected chi connectivity index (χ1v) is 12.6. The van der Waals surface area contributed by atoms with Gasteiger partial charge in [0.1, 0.15) is 5.76 Å². The molecule has 1 saturated carbocycles. The van der Waals surface area contributed by atoms with Gasteiger partial charge in [0, 0.05) is 48.8 Å². The lowest BCUT2D eigenvalue weighted by Gasteiger charge is -2.34. The number of benzene rings is 1. The first-order valence-electron chi connectivity index (χ1n) is 12.6. The average molecular weight is 486 g/mol. The second-order valence-electron chi connectivity index (χ2n) is 10.8. The SMILES string of the molecule is Cc1noc(C)c1-c1cnc2c(-c3ccc(C4(C(=O)O)CC4)cc3)cn(CC3(C)CCOCC3)c2c1. The third-order valence-electron chi connectivity index (χ3n) is 8.20. The Hall–Kier alpha value is -3.45. The van der Waals surface area contributed by atoms with E-state index in [0.29, 0.717) is 12.8 Å². The van der Waals surface area contributed by atoms with E-state index in [9.17, 15) is 9.90 Å². The molecule has 6 rings (SSSR count). The van der Waals surface area contributed by atoms with E-state index < -0.39 is 11.4 Å². The average Bonchev–Trinajstić information content (AvgIpc) is 3.53. The van der Waals surface area contributed by atoms with Crippen LogP contribution in [0.2, 0.25) is 0 Å². The first kappa shape index (κ1) is 23.0. The summed E-state index contributed by atoms with van der Waals surface area (Å²) in [5.74, 6) is 0.0523. The molecular weight excluding hydrogens is 454 g/mol. The zero-order chi connectivity index (χ0) is 25.1. The van der Waals surface area contributed by atoms with Crippen molar-refractivity contribution >= 4 is 17.0 Å². The van der Waals surface area contributed by atoms with Crippen LogP contribution in [0.4, 0.5) is 0 Å². The van der Waals surface area contributed by atoms with Gasteiger partial charge in [-0.15, -0.1) is 0 Å². The number of pyridine rings is 1. The van der Waals surface area contributed by atoms with Gasteiger partial charge in [0.15, 0.2) is 0 Å². The number of hydrogen-bond acceptors (Lipinski definition) is 5. The van der Waals surface area contributed by atoms with Crippen molar-refractivity contribution in [1.29, 1.82) is 0 Å². The van der Waals surface area contributed by atoms with Crippen LogP contribution in [-0.2, 0) is 21.5 Å². The molecule has 0 unspecified atom stereocenters. The summed E-state index contributed by atoms with van der Waals surface area (Å²) in [4.78, 5) is 16.7. The lowest BCUT2D eigenvalue weighted by molar-refractivity contribution is -0.140. The number of nitrogens with zero attached hydrogens (tertiary/aromatic N) is 3. The molecule has 0 spiro atoms. The summed E-state index contributed by atoms with van der Waals surface area (Å²) in [6, 6.07) is 10.2. The standard InChI is InChI=1S/C29H31N3O4/c1-18-25(19(2)36-31-18)21-14-24-26(30-15-21)23(16-32(24)17-28(3)10-12-35-13-11-28)20-4-6-22(7-5-20)29(8-9-29)27(33)34/h4-7,14-16H,8-13,17H2,1-3H3,(H,33,34). The molecule has 1 aliphatic carbocycles. The summed E-state index contributed by atoms with van der Waals surface area (Å²) in [7, 11) is 0. The van der Waals surface area contributed by atoms with Crippen LogP contribution in [0.5, 0.6) is 0 Å². The summed E-state index contributed by atoms with van der Waals surface area (Å²) < 4.78 is 13.4. The summed E-state index contributed by atoms with van der Waals surface area (Å²) >= 11 is 0. The van der Waals surface area contributed by atoms with Gasteiger partial charge in [-0.2, -0.15) is 0 Å². The van der Waals surface area contributed by atoms with Gasteiger partial charge in [-0.05, 0) is 62.1 Å². The second-order valence-corrected chi connectivity index (χ2v) is 10.8. The predicted molar refractivity (Wildman–Crippen MR) is 137 cm³/mol. The van der Waals surface area contributed by atoms with Crippen molar-refractivity contribution < 1.29 is 19.2 Å². The summed E-state index contributed by atoms with van der Waals surface area (Å²) in [6.45, 7) is 8.67. The molecule has 0 radical (unpaired) electrons. The number of fused-ring (bicyclic) bond motifs is 1. The van der Waals surface area contributed by atoms with E-state index in [1.807, 2.05) is 44.3 Å². The highest BCUT2D eigenvalue weighted by atomic mass is 16.5. The van der Waals surface area contributed by atoms with Gasteiger partial charge in [0.2, 0.25) is 0 Å². The van der Waals surface area contributed by atoms with Crippen LogP contribution in [0.25, 0.3) is 33.3 Å². The molecule has 36 heavy (non-hydrogen) atoms. The number of aromatic nitrogens is 3. The van der Waals surface area contributed by atoms with Crippen LogP contribution >= 0.6 is 0 Å². The van der Waals surface area contributed by atoms with Gasteiger partial charge in [-0.25, -0.2) is 0 Å². The number of carboxylic acids is 1. The lowest BCUT2D eigenvalue weighted by atomic mass is 9.82. The van der Waals surface area contributed by atoms with Gasteiger partial charge < -0.3 is 18.9 Å². The largest absolute Gasteiger partial charge is 0.481 e. The molecule has 1 aromatic carbocycles. The van der Waals surface area contributed by atoms with Crippen LogP contribution in [0.1, 0.15) is 49.6 Å². The normalized spacial score (nSPS) is 18.4. The number of aryl methyl sites for hydroxylation is 2. The maximum Gasteiger partial charge on any atom is 0.314 e. The quantitative estimate of drug-likeness (QED) is 0.365. The Kier molecular flexibility index (Phi) is 5.30. The van der Waals surface area contributed by atoms with Gasteiger partial charge >= 0.3 is 5.97 Å². The molecule has 1 N–H and O–H groups in total. The van der Waals surface area contributed by atoms with E-state index in [1.54, 1.807) is 0 Å². The Bertz CT molecular complexity index is 1430. The molecule has 4 aromatic rings. The zero-order valence-electron chi connectivity index (χ0n) is 21.0. The third kappa shape index (κ3) is 3.73. The van der Waals surface area contributed by atoms with Gasteiger partial charge in [0.25, 0.3) is 0 Å². The van der Waals surface area contributed by atoms with Crippen LogP contribution in [0.3, 0.4) is 0 Å². The van der Waals surface area contributed by atoms with Crippen molar-refractivity contribution in [3.05, 3.63) is 59.7 Å². The molecule has 2 aliphatic rings. The molecule has 7 nitrogen and oxygen atoms in total. The fourth-order valence-electron chi connectivity index (χ4n) is 5.69. The fraction of sp³-hybridized carbons (Fsp3) is 0.414. The third-order valence-corrected chi connectivity index (χ3v) is 8.20. The van der Waals surface area contributed by atoms with Crippen LogP contribution in [0.15, 0.2) is 47.2 Å². The van der Waals surface area contributed by atoms with Crippen molar-refractivity contribution in [3.8, 4) is 22.3 Å². The summed E-state index contributed by atoms with van der Waals surface area (Å²) in [5, 5.41) is 13.8. The van der Waals surface area contributed by atoms with Crippen molar-refractivity contribution in [1.82, 2.24) is 14.7 Å². The molecular formula is C29H31N3O4. The molecule has 1 saturated heterocycles. The van der Waals surface area contributed by atoms with Crippen molar-refractivity contribution in [3.63, 3.8) is 0 Å². The smallest absolute Gasteiger partial charge is 0.314 e. The number of carbonyl (C=O) groups is 1. The maximum atomic E-state index is 11.8. The fourth-order valence-corrected chi connectivity index (χ4v) is 5.69. The Morgan fingerprint density at radius 3 is 2.42 bits per heavy atom. The number of ether oxygens (including phenoxy) is 1. The van der Waals surface area contributed by atoms with E-state index in [1.165, 1.54) is 0 Å². The highest BCUT2D eigenvalue weighted by molar-refractivity contribution is 5.95. The van der Waals surface area contributed by atoms with Crippen molar-refractivity contribution in [2.75, 3.05) is 13.2 Å². The van der Waals surface area contributed by atoms with Gasteiger partial charge in [-0.1, -0.05) is 36.3 Å². The van der Waals surface area contributed by atoms with E-state index in [-0.39, 0.29) is 5.41 Å². The molecule has 1 aliphatic heterocycles. The predicted octanol–water partition coefficient (Wildman–Crippen LogP) is 5.91. The number of carboxylic acid groups (broad SMARTS) is 1. The van der Waals surface area contributed by atoms with Crippen LogP contribution < -0.4 is 0 Å². The van der Waals surface area contributed by atoms with Gasteiger partial charge in [0.05, 0.1) is 22.1 Å². The van der Waals surface area contributed by atoms with E-state index in [4.69, 9.17) is 14.2 Å². The lowest BCUT2D eigenvalue weighted by Crippen LogP contribution is -2.30. The highest BCUT2D eigenvalue weighted by Crippen LogP contribution is 2.49. The second kappa shape index (κ2) is 8.30. The Balaban J connectivity index is 1.46. The van der Waals surface area contributed by atoms with Crippen molar-refractivity contribution in [2.45, 2.75) is 58.4 Å². The monoisotopic (exact) mass is 485 g/mol. The molecule has 4 heterocycles. The summed E-state index contributed by atoms with van der Waals surface area (Å²) in [5.41, 5.74) is 7.26. The van der Waals surface area contributed by atoms with Gasteiger partial charge in [-0.3, -0.25) is 9.78 Å². The first-order chi connectivity index (χ1) is 17.3. The number of hydrogen-bond donors (Lipinski definition) is 1. The minimum absolute atomic E-state index is 0.143. The maximum absolute atomic E-state index is 11.8. The molecule has 3 aromatic heterocycles. The molecule has 7 heteroatoms.